The molecular formula is C16H11FN6OS. The van der Waals surface area contributed by atoms with Crippen LogP contribution in [0.3, 0.4) is 0 Å². The van der Waals surface area contributed by atoms with Crippen molar-refractivity contribution in [1.29, 1.82) is 0 Å². The Bertz CT molecular complexity index is 1210. The quantitative estimate of drug-likeness (QED) is 0.523. The fraction of sp³-hybridized carbons (Fsp3) is 0.0625. The number of hydrogen-bond donors (Lipinski definition) is 1. The molecule has 0 amide bonds. The smallest absolute Gasteiger partial charge is 0.286 e. The molecule has 0 bridgehead atoms. The summed E-state index contributed by atoms with van der Waals surface area (Å²) < 4.78 is 15.9. The highest BCUT2D eigenvalue weighted by atomic mass is 32.1. The maximum absolute atomic E-state index is 13.2. The Kier molecular flexibility index (Phi) is 3.32. The van der Waals surface area contributed by atoms with Gasteiger partial charge < -0.3 is 5.73 Å². The maximum atomic E-state index is 13.2. The minimum atomic E-state index is -0.462. The SMILES string of the molecule is Cc1nn2c(nnc3c(=O)n(C(N)=S)ccc32)c1-c1ccc(F)cc1. The van der Waals surface area contributed by atoms with Crippen LogP contribution in [0.15, 0.2) is 41.3 Å². The highest BCUT2D eigenvalue weighted by Crippen LogP contribution is 2.28. The van der Waals surface area contributed by atoms with Crippen LogP contribution in [-0.4, -0.2) is 29.5 Å². The topological polar surface area (TPSA) is 91.1 Å². The number of nitrogens with zero attached hydrogens (tertiary/aromatic N) is 5. The summed E-state index contributed by atoms with van der Waals surface area (Å²) in [5.74, 6) is -0.326. The van der Waals surface area contributed by atoms with Gasteiger partial charge in [-0.05, 0) is 42.9 Å². The molecule has 0 spiro atoms. The molecule has 7 nitrogen and oxygen atoms in total. The third-order valence-electron chi connectivity index (χ3n) is 3.92. The van der Waals surface area contributed by atoms with Gasteiger partial charge in [-0.1, -0.05) is 12.1 Å². The van der Waals surface area contributed by atoms with Gasteiger partial charge >= 0.3 is 0 Å². The second-order valence-electron chi connectivity index (χ2n) is 5.47. The molecule has 0 aliphatic carbocycles. The minimum absolute atomic E-state index is 0.0718. The van der Waals surface area contributed by atoms with E-state index in [1.165, 1.54) is 18.3 Å². The van der Waals surface area contributed by atoms with E-state index in [-0.39, 0.29) is 16.4 Å². The van der Waals surface area contributed by atoms with E-state index < -0.39 is 5.56 Å². The first-order chi connectivity index (χ1) is 12.0. The van der Waals surface area contributed by atoms with Crippen molar-refractivity contribution in [2.75, 3.05) is 0 Å². The third kappa shape index (κ3) is 2.28. The lowest BCUT2D eigenvalue weighted by Gasteiger charge is -2.05. The molecule has 0 aliphatic heterocycles. The summed E-state index contributed by atoms with van der Waals surface area (Å²) in [6, 6.07) is 7.69. The molecule has 0 saturated heterocycles. The molecule has 0 aliphatic rings. The fourth-order valence-corrected chi connectivity index (χ4v) is 2.92. The zero-order valence-corrected chi connectivity index (χ0v) is 13.8. The lowest BCUT2D eigenvalue weighted by molar-refractivity contribution is 0.628. The van der Waals surface area contributed by atoms with Gasteiger partial charge in [-0.15, -0.1) is 10.2 Å². The zero-order valence-electron chi connectivity index (χ0n) is 13.0. The molecule has 4 rings (SSSR count). The normalized spacial score (nSPS) is 11.3. The Hall–Kier alpha value is -3.20. The van der Waals surface area contributed by atoms with Crippen LogP contribution >= 0.6 is 12.2 Å². The van der Waals surface area contributed by atoms with E-state index in [0.717, 1.165) is 15.7 Å². The fourth-order valence-electron chi connectivity index (χ4n) is 2.78. The molecule has 124 valence electrons. The van der Waals surface area contributed by atoms with Gasteiger partial charge in [0.05, 0.1) is 11.3 Å². The van der Waals surface area contributed by atoms with Gasteiger partial charge in [0, 0.05) is 6.20 Å². The van der Waals surface area contributed by atoms with Crippen LogP contribution in [0.25, 0.3) is 27.8 Å². The summed E-state index contributed by atoms with van der Waals surface area (Å²) in [5.41, 5.74) is 8.31. The molecule has 4 aromatic rings. The number of halogens is 1. The van der Waals surface area contributed by atoms with E-state index in [2.05, 4.69) is 15.3 Å². The van der Waals surface area contributed by atoms with Gasteiger partial charge in [0.15, 0.2) is 16.3 Å². The average Bonchev–Trinajstić information content (AvgIpc) is 2.92. The van der Waals surface area contributed by atoms with E-state index >= 15 is 0 Å². The predicted octanol–water partition coefficient (Wildman–Crippen LogP) is 1.65. The Labute approximate surface area is 145 Å². The lowest BCUT2D eigenvalue weighted by atomic mass is 10.1. The Balaban J connectivity index is 2.06. The number of fused-ring (bicyclic) bond motifs is 3. The second kappa shape index (κ2) is 5.42. The molecule has 2 N–H and O–H groups in total. The Morgan fingerprint density at radius 3 is 2.60 bits per heavy atom. The zero-order chi connectivity index (χ0) is 17.7. The van der Waals surface area contributed by atoms with Gasteiger partial charge in [-0.3, -0.25) is 9.36 Å². The monoisotopic (exact) mass is 354 g/mol. The van der Waals surface area contributed by atoms with Crippen molar-refractivity contribution in [2.24, 2.45) is 5.73 Å². The molecule has 25 heavy (non-hydrogen) atoms. The first-order valence-corrected chi connectivity index (χ1v) is 7.71. The number of aryl methyl sites for hydroxylation is 1. The Morgan fingerprint density at radius 1 is 1.20 bits per heavy atom. The summed E-state index contributed by atoms with van der Waals surface area (Å²) >= 11 is 4.85. The Morgan fingerprint density at radius 2 is 1.92 bits per heavy atom. The van der Waals surface area contributed by atoms with Crippen LogP contribution < -0.4 is 11.3 Å². The van der Waals surface area contributed by atoms with E-state index in [1.807, 2.05) is 6.92 Å². The largest absolute Gasteiger partial charge is 0.376 e. The predicted molar refractivity (Wildman–Crippen MR) is 94.9 cm³/mol. The van der Waals surface area contributed by atoms with Crippen molar-refractivity contribution >= 4 is 34.0 Å². The summed E-state index contributed by atoms with van der Waals surface area (Å²) in [6.45, 7) is 1.81. The molecule has 0 fully saturated rings. The van der Waals surface area contributed by atoms with Crippen molar-refractivity contribution in [3.05, 3.63) is 58.4 Å². The van der Waals surface area contributed by atoms with Gasteiger partial charge in [-0.25, -0.2) is 8.91 Å². The molecule has 9 heteroatoms. The van der Waals surface area contributed by atoms with Crippen molar-refractivity contribution in [1.82, 2.24) is 24.4 Å². The van der Waals surface area contributed by atoms with Crippen molar-refractivity contribution < 1.29 is 4.39 Å². The van der Waals surface area contributed by atoms with E-state index in [9.17, 15) is 9.18 Å². The number of aromatic nitrogens is 5. The highest BCUT2D eigenvalue weighted by molar-refractivity contribution is 7.80. The molecular weight excluding hydrogens is 343 g/mol. The molecule has 3 aromatic heterocycles. The van der Waals surface area contributed by atoms with Crippen LogP contribution in [0.1, 0.15) is 5.69 Å². The molecule has 0 unspecified atom stereocenters. The van der Waals surface area contributed by atoms with Crippen LogP contribution in [-0.2, 0) is 0 Å². The van der Waals surface area contributed by atoms with Crippen LogP contribution in [0.4, 0.5) is 4.39 Å². The summed E-state index contributed by atoms with van der Waals surface area (Å²) in [6.07, 6.45) is 1.47. The van der Waals surface area contributed by atoms with Crippen LogP contribution in [0, 0.1) is 12.7 Å². The standard InChI is InChI=1S/C16H11FN6OS/c1-8-12(9-2-4-10(17)5-3-9)14-20-19-13-11(23(14)21-8)6-7-22(15(13)24)16(18)25/h2-7H,1H3,(H2,18,25). The first-order valence-electron chi connectivity index (χ1n) is 7.30. The number of hydrogen-bond acceptors (Lipinski definition) is 5. The number of rotatable bonds is 1. The number of thiocarbonyl (C=S) groups is 1. The van der Waals surface area contributed by atoms with E-state index in [1.54, 1.807) is 22.7 Å². The van der Waals surface area contributed by atoms with E-state index in [4.69, 9.17) is 18.0 Å². The molecule has 0 saturated carbocycles. The summed E-state index contributed by atoms with van der Waals surface area (Å²) in [5, 5.41) is 12.6. The van der Waals surface area contributed by atoms with E-state index in [0.29, 0.717) is 16.9 Å². The lowest BCUT2D eigenvalue weighted by Crippen LogP contribution is -2.31. The van der Waals surface area contributed by atoms with Gasteiger partial charge in [0.1, 0.15) is 11.3 Å². The maximum Gasteiger partial charge on any atom is 0.286 e. The molecule has 0 atom stereocenters. The van der Waals surface area contributed by atoms with Crippen molar-refractivity contribution in [3.63, 3.8) is 0 Å². The summed E-state index contributed by atoms with van der Waals surface area (Å²) in [7, 11) is 0. The van der Waals surface area contributed by atoms with Gasteiger partial charge in [-0.2, -0.15) is 5.10 Å². The van der Waals surface area contributed by atoms with Crippen molar-refractivity contribution in [3.8, 4) is 11.1 Å². The third-order valence-corrected chi connectivity index (χ3v) is 4.12. The van der Waals surface area contributed by atoms with Crippen LogP contribution in [0.5, 0.6) is 0 Å². The summed E-state index contributed by atoms with van der Waals surface area (Å²) in [4.78, 5) is 12.4. The number of benzene rings is 1. The molecule has 1 aromatic carbocycles. The number of pyridine rings is 1. The van der Waals surface area contributed by atoms with Gasteiger partial charge in [0.2, 0.25) is 0 Å². The van der Waals surface area contributed by atoms with Crippen LogP contribution in [0.2, 0.25) is 0 Å². The molecule has 3 heterocycles. The average molecular weight is 354 g/mol. The molecule has 0 radical (unpaired) electrons. The minimum Gasteiger partial charge on any atom is -0.376 e. The highest BCUT2D eigenvalue weighted by Gasteiger charge is 2.17. The first kappa shape index (κ1) is 15.3. The second-order valence-corrected chi connectivity index (χ2v) is 5.88. The van der Waals surface area contributed by atoms with Gasteiger partial charge in [0.25, 0.3) is 5.56 Å². The number of nitrogens with two attached hydrogens (primary N) is 1. The van der Waals surface area contributed by atoms with Crippen molar-refractivity contribution in [2.45, 2.75) is 6.92 Å².